The van der Waals surface area contributed by atoms with Crippen LogP contribution in [0.25, 0.3) is 0 Å². The van der Waals surface area contributed by atoms with Gasteiger partial charge in [-0.25, -0.2) is 4.98 Å². The minimum Gasteiger partial charge on any atom is -0.383 e. The van der Waals surface area contributed by atoms with Crippen LogP contribution in [0.3, 0.4) is 0 Å². The van der Waals surface area contributed by atoms with Crippen LogP contribution in [0.15, 0.2) is 10.9 Å². The fraction of sp³-hybridized carbons (Fsp3) is 0.611. The molecule has 2 fully saturated rings. The van der Waals surface area contributed by atoms with Gasteiger partial charge in [0.1, 0.15) is 0 Å². The van der Waals surface area contributed by atoms with Crippen molar-refractivity contribution in [2.45, 2.75) is 44.7 Å². The van der Waals surface area contributed by atoms with Crippen LogP contribution in [0, 0.1) is 12.3 Å². The number of thiazole rings is 1. The Morgan fingerprint density at radius 2 is 2.29 bits per heavy atom. The van der Waals surface area contributed by atoms with E-state index < -0.39 is 5.41 Å². The smallest absolute Gasteiger partial charge is 0.276 e. The predicted octanol–water partition coefficient (Wildman–Crippen LogP) is 0.938. The number of rotatable bonds is 7. The third-order valence-electron chi connectivity index (χ3n) is 5.92. The molecule has 0 unspecified atom stereocenters. The Morgan fingerprint density at radius 3 is 2.96 bits per heavy atom. The van der Waals surface area contributed by atoms with Crippen molar-refractivity contribution in [3.63, 3.8) is 0 Å². The number of methoxy groups -OCH3 is 1. The molecule has 0 aliphatic carbocycles. The number of aryl methyl sites for hydroxylation is 1. The highest BCUT2D eigenvalue weighted by atomic mass is 32.1. The van der Waals surface area contributed by atoms with Gasteiger partial charge in [0.05, 0.1) is 28.9 Å². The van der Waals surface area contributed by atoms with Gasteiger partial charge in [-0.3, -0.25) is 9.59 Å². The maximum atomic E-state index is 13.3. The maximum Gasteiger partial charge on any atom is 0.276 e. The molecule has 2 aromatic rings. The van der Waals surface area contributed by atoms with Crippen molar-refractivity contribution in [3.05, 3.63) is 28.0 Å². The molecule has 2 amide bonds. The summed E-state index contributed by atoms with van der Waals surface area (Å²) >= 11 is 1.52. The van der Waals surface area contributed by atoms with Gasteiger partial charge in [0.25, 0.3) is 5.91 Å². The number of hydrogen-bond donors (Lipinski definition) is 2. The summed E-state index contributed by atoms with van der Waals surface area (Å²) in [6.45, 7) is 2.66. The Morgan fingerprint density at radius 1 is 1.43 bits per heavy atom. The number of H-pyrrole nitrogens is 1. The van der Waals surface area contributed by atoms with E-state index >= 15 is 0 Å². The van der Waals surface area contributed by atoms with Crippen LogP contribution in [-0.4, -0.2) is 69.5 Å². The average molecular weight is 404 g/mol. The Balaban J connectivity index is 1.64. The number of nitrogens with one attached hydrogen (secondary N) is 2. The van der Waals surface area contributed by atoms with Crippen LogP contribution >= 0.6 is 11.3 Å². The van der Waals surface area contributed by atoms with E-state index in [1.807, 2.05) is 10.3 Å². The zero-order chi connectivity index (χ0) is 19.7. The first kappa shape index (κ1) is 19.0. The van der Waals surface area contributed by atoms with E-state index in [1.165, 1.54) is 11.3 Å². The quantitative estimate of drug-likeness (QED) is 0.664. The Kier molecular flexibility index (Phi) is 5.15. The lowest BCUT2D eigenvalue weighted by molar-refractivity contribution is -0.133. The number of carbonyl (C=O) groups is 2. The minimum atomic E-state index is -0.683. The zero-order valence-corrected chi connectivity index (χ0v) is 16.8. The normalized spacial score (nSPS) is 26.0. The lowest BCUT2D eigenvalue weighted by Crippen LogP contribution is -2.51. The zero-order valence-electron chi connectivity index (χ0n) is 16.0. The highest BCUT2D eigenvalue weighted by Gasteiger charge is 2.61. The molecule has 3 atom stereocenters. The van der Waals surface area contributed by atoms with E-state index in [2.05, 4.69) is 25.7 Å². The number of carbonyl (C=O) groups excluding carboxylic acids is 2. The summed E-state index contributed by atoms with van der Waals surface area (Å²) in [4.78, 5) is 32.8. The first-order chi connectivity index (χ1) is 13.6. The highest BCUT2D eigenvalue weighted by molar-refractivity contribution is 7.07. The van der Waals surface area contributed by atoms with Crippen molar-refractivity contribution in [1.82, 2.24) is 30.6 Å². The minimum absolute atomic E-state index is 0.0282. The van der Waals surface area contributed by atoms with Crippen LogP contribution < -0.4 is 5.32 Å². The molecule has 0 aromatic carbocycles. The van der Waals surface area contributed by atoms with E-state index in [4.69, 9.17) is 4.74 Å². The summed E-state index contributed by atoms with van der Waals surface area (Å²) in [5.41, 5.74) is 2.90. The summed E-state index contributed by atoms with van der Waals surface area (Å²) < 4.78 is 5.07. The summed E-state index contributed by atoms with van der Waals surface area (Å²) in [6, 6.07) is -0.147. The summed E-state index contributed by atoms with van der Waals surface area (Å²) in [5.74, 6) is -0.178. The van der Waals surface area contributed by atoms with Gasteiger partial charge in [0.15, 0.2) is 5.69 Å². The standard InChI is InChI=1S/C18H24N6O3S/c1-11-15(22-23-21-11)16(25)24-13-3-4-14(24)18(8-13,7-12-9-28-10-20-12)17(26)19-5-6-27-2/h9-10,13-14H,3-8H2,1-2H3,(H,19,26)(H,21,22,23)/t13-,14+,18+/m1/s1. The highest BCUT2D eigenvalue weighted by Crippen LogP contribution is 2.52. The Labute approximate surface area is 166 Å². The molecule has 28 heavy (non-hydrogen) atoms. The molecule has 4 rings (SSSR count). The number of nitrogens with zero attached hydrogens (tertiary/aromatic N) is 4. The molecule has 2 saturated heterocycles. The van der Waals surface area contributed by atoms with Gasteiger partial charge in [-0.15, -0.1) is 11.3 Å². The molecule has 9 nitrogen and oxygen atoms in total. The number of ether oxygens (including phenoxy) is 1. The molecule has 2 aromatic heterocycles. The Hall–Kier alpha value is -2.33. The van der Waals surface area contributed by atoms with E-state index in [-0.39, 0.29) is 23.9 Å². The van der Waals surface area contributed by atoms with Gasteiger partial charge in [-0.1, -0.05) is 0 Å². The van der Waals surface area contributed by atoms with Crippen LogP contribution in [0.1, 0.15) is 41.1 Å². The van der Waals surface area contributed by atoms with Gasteiger partial charge >= 0.3 is 0 Å². The van der Waals surface area contributed by atoms with Crippen molar-refractivity contribution in [1.29, 1.82) is 0 Å². The first-order valence-corrected chi connectivity index (χ1v) is 10.4. The molecule has 2 bridgehead atoms. The first-order valence-electron chi connectivity index (χ1n) is 9.41. The monoisotopic (exact) mass is 404 g/mol. The van der Waals surface area contributed by atoms with E-state index in [9.17, 15) is 9.59 Å². The molecule has 2 aliphatic rings. The van der Waals surface area contributed by atoms with Gasteiger partial charge < -0.3 is 15.0 Å². The van der Waals surface area contributed by atoms with Gasteiger partial charge in [0, 0.05) is 37.5 Å². The van der Waals surface area contributed by atoms with E-state index in [0.717, 1.165) is 18.5 Å². The second kappa shape index (κ2) is 7.59. The largest absolute Gasteiger partial charge is 0.383 e. The molecule has 2 aliphatic heterocycles. The topological polar surface area (TPSA) is 113 Å². The molecule has 0 saturated carbocycles. The second-order valence-corrected chi connectivity index (χ2v) is 8.20. The molecule has 10 heteroatoms. The number of amides is 2. The van der Waals surface area contributed by atoms with E-state index in [1.54, 1.807) is 19.5 Å². The lowest BCUT2D eigenvalue weighted by atomic mass is 9.70. The number of fused-ring (bicyclic) bond motifs is 2. The van der Waals surface area contributed by atoms with Crippen LogP contribution in [0.4, 0.5) is 0 Å². The predicted molar refractivity (Wildman–Crippen MR) is 102 cm³/mol. The Bertz CT molecular complexity index is 853. The van der Waals surface area contributed by atoms with Crippen molar-refractivity contribution in [2.75, 3.05) is 20.3 Å². The number of aromatic nitrogens is 4. The lowest BCUT2D eigenvalue weighted by Gasteiger charge is -2.35. The fourth-order valence-electron chi connectivity index (χ4n) is 4.70. The molecule has 0 spiro atoms. The fourth-order valence-corrected chi connectivity index (χ4v) is 5.26. The van der Waals surface area contributed by atoms with Gasteiger partial charge in [0.2, 0.25) is 5.91 Å². The molecule has 150 valence electrons. The molecular weight excluding hydrogens is 380 g/mol. The van der Waals surface area contributed by atoms with Crippen molar-refractivity contribution in [3.8, 4) is 0 Å². The van der Waals surface area contributed by atoms with Crippen LogP contribution in [-0.2, 0) is 16.0 Å². The maximum absolute atomic E-state index is 13.3. The second-order valence-electron chi connectivity index (χ2n) is 7.48. The van der Waals surface area contributed by atoms with Gasteiger partial charge in [-0.05, 0) is 26.2 Å². The van der Waals surface area contributed by atoms with Crippen molar-refractivity contribution in [2.24, 2.45) is 5.41 Å². The molecule has 2 N–H and O–H groups in total. The molecule has 4 heterocycles. The SMILES string of the molecule is COCCNC(=O)[C@@]1(Cc2cscn2)C[C@H]2CC[C@@H]1N2C(=O)c1n[nH]nc1C. The number of aromatic amines is 1. The third-order valence-corrected chi connectivity index (χ3v) is 6.56. The summed E-state index contributed by atoms with van der Waals surface area (Å²) in [6.07, 6.45) is 2.86. The van der Waals surface area contributed by atoms with Gasteiger partial charge in [-0.2, -0.15) is 15.4 Å². The van der Waals surface area contributed by atoms with Crippen molar-refractivity contribution < 1.29 is 14.3 Å². The summed E-state index contributed by atoms with van der Waals surface area (Å²) in [5, 5.41) is 15.5. The van der Waals surface area contributed by atoms with E-state index in [0.29, 0.717) is 37.4 Å². The van der Waals surface area contributed by atoms with Crippen LogP contribution in [0.5, 0.6) is 0 Å². The summed E-state index contributed by atoms with van der Waals surface area (Å²) in [7, 11) is 1.61. The molecular formula is C18H24N6O3S. The molecule has 0 radical (unpaired) electrons. The van der Waals surface area contributed by atoms with Crippen molar-refractivity contribution >= 4 is 23.2 Å². The average Bonchev–Trinajstić information content (AvgIpc) is 3.45. The van der Waals surface area contributed by atoms with Crippen LogP contribution in [0.2, 0.25) is 0 Å². The number of hydrogen-bond acceptors (Lipinski definition) is 7. The third kappa shape index (κ3) is 3.10.